The van der Waals surface area contributed by atoms with Crippen molar-refractivity contribution in [3.8, 4) is 0 Å². The first kappa shape index (κ1) is 13.0. The van der Waals surface area contributed by atoms with E-state index in [9.17, 15) is 9.18 Å². The van der Waals surface area contributed by atoms with Crippen LogP contribution < -0.4 is 5.73 Å². The topological polar surface area (TPSA) is 49.6 Å². The number of benzene rings is 1. The fourth-order valence-corrected chi connectivity index (χ4v) is 2.16. The fourth-order valence-electron chi connectivity index (χ4n) is 2.16. The number of rotatable bonds is 2. The molecule has 1 heterocycles. The summed E-state index contributed by atoms with van der Waals surface area (Å²) >= 11 is 0. The predicted octanol–water partition coefficient (Wildman–Crippen LogP) is 0.541. The molecule has 2 N–H and O–H groups in total. The summed E-state index contributed by atoms with van der Waals surface area (Å²) in [7, 11) is 2.01. The van der Waals surface area contributed by atoms with Crippen molar-refractivity contribution in [1.29, 1.82) is 0 Å². The number of likely N-dealkylation sites (N-methyl/N-ethyl adjacent to an activating group) is 1. The predicted molar refractivity (Wildman–Crippen MR) is 67.8 cm³/mol. The van der Waals surface area contributed by atoms with Crippen molar-refractivity contribution >= 4 is 5.91 Å². The number of hydrogen-bond donors (Lipinski definition) is 1. The Labute approximate surface area is 106 Å². The molecule has 2 rings (SSSR count). The van der Waals surface area contributed by atoms with Crippen LogP contribution in [0.4, 0.5) is 4.39 Å². The van der Waals surface area contributed by atoms with E-state index < -0.39 is 0 Å². The lowest BCUT2D eigenvalue weighted by atomic mass is 10.1. The molecular formula is C13H18FN3O. The quantitative estimate of drug-likeness (QED) is 0.834. The summed E-state index contributed by atoms with van der Waals surface area (Å²) in [5.74, 6) is -0.383. The highest BCUT2D eigenvalue weighted by atomic mass is 19.1. The Bertz CT molecular complexity index is 421. The number of nitrogens with two attached hydrogens (primary N) is 1. The molecule has 98 valence electrons. The zero-order valence-electron chi connectivity index (χ0n) is 10.5. The maximum Gasteiger partial charge on any atom is 0.253 e. The summed E-state index contributed by atoms with van der Waals surface area (Å²) in [5.41, 5.74) is 6.21. The van der Waals surface area contributed by atoms with E-state index in [0.717, 1.165) is 6.54 Å². The van der Waals surface area contributed by atoms with Crippen molar-refractivity contribution in [2.24, 2.45) is 5.73 Å². The summed E-state index contributed by atoms with van der Waals surface area (Å²) in [6.45, 7) is 2.66. The number of piperazine rings is 1. The molecule has 1 atom stereocenters. The molecule has 5 heteroatoms. The molecule has 0 bridgehead atoms. The number of amides is 1. The molecule has 1 fully saturated rings. The van der Waals surface area contributed by atoms with Crippen LogP contribution in [0.2, 0.25) is 0 Å². The van der Waals surface area contributed by atoms with Gasteiger partial charge in [-0.1, -0.05) is 0 Å². The zero-order valence-corrected chi connectivity index (χ0v) is 10.5. The number of carbonyl (C=O) groups is 1. The minimum absolute atomic E-state index is 0.0541. The minimum atomic E-state index is -0.329. The van der Waals surface area contributed by atoms with Gasteiger partial charge in [0.05, 0.1) is 0 Å². The molecule has 1 aromatic rings. The molecule has 0 radical (unpaired) electrons. The maximum atomic E-state index is 12.8. The number of hydrogen-bond acceptors (Lipinski definition) is 3. The first-order chi connectivity index (χ1) is 8.61. The molecule has 0 saturated carbocycles. The van der Waals surface area contributed by atoms with E-state index in [1.165, 1.54) is 24.3 Å². The Kier molecular flexibility index (Phi) is 3.93. The molecular weight excluding hydrogens is 233 g/mol. The van der Waals surface area contributed by atoms with Gasteiger partial charge in [-0.05, 0) is 31.3 Å². The lowest BCUT2D eigenvalue weighted by Crippen LogP contribution is -2.55. The molecule has 1 aliphatic rings. The van der Waals surface area contributed by atoms with Crippen LogP contribution in [0.3, 0.4) is 0 Å². The van der Waals surface area contributed by atoms with Gasteiger partial charge in [0.2, 0.25) is 0 Å². The Morgan fingerprint density at radius 3 is 2.67 bits per heavy atom. The van der Waals surface area contributed by atoms with Crippen molar-refractivity contribution in [3.05, 3.63) is 35.6 Å². The van der Waals surface area contributed by atoms with E-state index in [2.05, 4.69) is 4.90 Å². The molecule has 18 heavy (non-hydrogen) atoms. The van der Waals surface area contributed by atoms with Crippen molar-refractivity contribution in [1.82, 2.24) is 9.80 Å². The second kappa shape index (κ2) is 5.46. The fraction of sp³-hybridized carbons (Fsp3) is 0.462. The van der Waals surface area contributed by atoms with E-state index in [0.29, 0.717) is 25.2 Å². The Morgan fingerprint density at radius 1 is 1.39 bits per heavy atom. The molecule has 1 aromatic carbocycles. The molecule has 1 aliphatic heterocycles. The van der Waals surface area contributed by atoms with Gasteiger partial charge < -0.3 is 10.6 Å². The third-order valence-electron chi connectivity index (χ3n) is 3.43. The third-order valence-corrected chi connectivity index (χ3v) is 3.43. The van der Waals surface area contributed by atoms with Crippen molar-refractivity contribution in [2.75, 3.05) is 33.2 Å². The maximum absolute atomic E-state index is 12.8. The van der Waals surface area contributed by atoms with E-state index in [1.54, 1.807) is 4.90 Å². The van der Waals surface area contributed by atoms with Crippen LogP contribution in [-0.4, -0.2) is 55.0 Å². The van der Waals surface area contributed by atoms with Gasteiger partial charge in [0, 0.05) is 37.8 Å². The molecule has 1 amide bonds. The first-order valence-electron chi connectivity index (χ1n) is 6.07. The number of halogens is 1. The zero-order chi connectivity index (χ0) is 13.1. The monoisotopic (exact) mass is 251 g/mol. The molecule has 1 saturated heterocycles. The Morgan fingerprint density at radius 2 is 2.06 bits per heavy atom. The second-order valence-electron chi connectivity index (χ2n) is 4.63. The van der Waals surface area contributed by atoms with Crippen LogP contribution in [-0.2, 0) is 0 Å². The highest BCUT2D eigenvalue weighted by Crippen LogP contribution is 2.12. The normalized spacial score (nSPS) is 21.1. The summed E-state index contributed by atoms with van der Waals surface area (Å²) in [6.07, 6.45) is 0. The van der Waals surface area contributed by atoms with Gasteiger partial charge in [0.15, 0.2) is 0 Å². The Hall–Kier alpha value is -1.46. The van der Waals surface area contributed by atoms with Gasteiger partial charge in [0.25, 0.3) is 5.91 Å². The molecule has 0 aliphatic carbocycles. The van der Waals surface area contributed by atoms with E-state index in [-0.39, 0.29) is 17.8 Å². The SMILES string of the molecule is CN1CCN(C(=O)c2ccc(F)cc2)CC1CN. The molecule has 4 nitrogen and oxygen atoms in total. The van der Waals surface area contributed by atoms with E-state index in [1.807, 2.05) is 7.05 Å². The van der Waals surface area contributed by atoms with Crippen molar-refractivity contribution < 1.29 is 9.18 Å². The van der Waals surface area contributed by atoms with Crippen LogP contribution in [0.25, 0.3) is 0 Å². The van der Waals surface area contributed by atoms with Crippen LogP contribution in [0.1, 0.15) is 10.4 Å². The van der Waals surface area contributed by atoms with Crippen LogP contribution in [0.15, 0.2) is 24.3 Å². The van der Waals surface area contributed by atoms with Crippen LogP contribution >= 0.6 is 0 Å². The highest BCUT2D eigenvalue weighted by molar-refractivity contribution is 5.94. The van der Waals surface area contributed by atoms with Crippen molar-refractivity contribution in [3.63, 3.8) is 0 Å². The highest BCUT2D eigenvalue weighted by Gasteiger charge is 2.26. The minimum Gasteiger partial charge on any atom is -0.336 e. The van der Waals surface area contributed by atoms with Crippen molar-refractivity contribution in [2.45, 2.75) is 6.04 Å². The van der Waals surface area contributed by atoms with Gasteiger partial charge in [-0.2, -0.15) is 0 Å². The van der Waals surface area contributed by atoms with Crippen LogP contribution in [0, 0.1) is 5.82 Å². The molecule has 0 aromatic heterocycles. The van der Waals surface area contributed by atoms with Gasteiger partial charge in [-0.3, -0.25) is 9.69 Å². The number of carbonyl (C=O) groups excluding carboxylic acids is 1. The van der Waals surface area contributed by atoms with E-state index >= 15 is 0 Å². The first-order valence-corrected chi connectivity index (χ1v) is 6.07. The summed E-state index contributed by atoms with van der Waals surface area (Å²) < 4.78 is 12.8. The van der Waals surface area contributed by atoms with Gasteiger partial charge in [0.1, 0.15) is 5.82 Å². The smallest absolute Gasteiger partial charge is 0.253 e. The lowest BCUT2D eigenvalue weighted by molar-refractivity contribution is 0.0559. The molecule has 1 unspecified atom stereocenters. The lowest BCUT2D eigenvalue weighted by Gasteiger charge is -2.38. The van der Waals surface area contributed by atoms with Gasteiger partial charge in [-0.15, -0.1) is 0 Å². The average Bonchev–Trinajstić information content (AvgIpc) is 2.39. The third kappa shape index (κ3) is 2.68. The summed E-state index contributed by atoms with van der Waals surface area (Å²) in [4.78, 5) is 16.2. The van der Waals surface area contributed by atoms with Gasteiger partial charge >= 0.3 is 0 Å². The Balaban J connectivity index is 2.07. The standard InChI is InChI=1S/C13H18FN3O/c1-16-6-7-17(9-12(16)8-15)13(18)10-2-4-11(14)5-3-10/h2-5,12H,6-9,15H2,1H3. The number of nitrogens with zero attached hydrogens (tertiary/aromatic N) is 2. The van der Waals surface area contributed by atoms with E-state index in [4.69, 9.17) is 5.73 Å². The largest absolute Gasteiger partial charge is 0.336 e. The second-order valence-corrected chi connectivity index (χ2v) is 4.63. The average molecular weight is 251 g/mol. The van der Waals surface area contributed by atoms with Gasteiger partial charge in [-0.25, -0.2) is 4.39 Å². The summed E-state index contributed by atoms with van der Waals surface area (Å²) in [6, 6.07) is 5.86. The molecule has 0 spiro atoms. The van der Waals surface area contributed by atoms with Crippen LogP contribution in [0.5, 0.6) is 0 Å². The summed E-state index contributed by atoms with van der Waals surface area (Å²) in [5, 5.41) is 0.